The first-order valence-corrected chi connectivity index (χ1v) is 11.7. The fourth-order valence-corrected chi connectivity index (χ4v) is 4.58. The Morgan fingerprint density at radius 3 is 2.52 bits per heavy atom. The lowest BCUT2D eigenvalue weighted by atomic mass is 10.0. The third kappa shape index (κ3) is 3.31. The average Bonchev–Trinajstić information content (AvgIpc) is 3.70. The summed E-state index contributed by atoms with van der Waals surface area (Å²) >= 11 is 5.60. The number of benzene rings is 1. The molecule has 7 heteroatoms. The monoisotopic (exact) mass is 430 g/mol. The van der Waals surface area contributed by atoms with Gasteiger partial charge in [-0.2, -0.15) is 10.2 Å². The van der Waals surface area contributed by atoms with Crippen molar-refractivity contribution in [2.45, 2.75) is 57.9 Å². The SMILES string of the molecule is CC(C)Cn1c(-c2cc(C3CC3)nc3c2c(C2CC2)nn3-c2ccccc2)n[nH]c1=S. The van der Waals surface area contributed by atoms with Crippen molar-refractivity contribution in [2.75, 3.05) is 0 Å². The largest absolute Gasteiger partial charge is 0.300 e. The van der Waals surface area contributed by atoms with Crippen LogP contribution >= 0.6 is 12.2 Å². The van der Waals surface area contributed by atoms with Gasteiger partial charge in [0.05, 0.1) is 16.8 Å². The summed E-state index contributed by atoms with van der Waals surface area (Å²) in [7, 11) is 0. The highest BCUT2D eigenvalue weighted by Crippen LogP contribution is 2.47. The first-order chi connectivity index (χ1) is 15.1. The van der Waals surface area contributed by atoms with Crippen molar-refractivity contribution in [3.05, 3.63) is 52.6 Å². The highest BCUT2D eigenvalue weighted by Gasteiger charge is 2.34. The average molecular weight is 431 g/mol. The molecule has 0 atom stereocenters. The van der Waals surface area contributed by atoms with Crippen molar-refractivity contribution in [3.8, 4) is 17.1 Å². The van der Waals surface area contributed by atoms with Crippen LogP contribution in [0.4, 0.5) is 0 Å². The lowest BCUT2D eigenvalue weighted by molar-refractivity contribution is 0.521. The van der Waals surface area contributed by atoms with E-state index in [1.807, 2.05) is 10.7 Å². The minimum absolute atomic E-state index is 0.471. The van der Waals surface area contributed by atoms with Gasteiger partial charge in [0.2, 0.25) is 0 Å². The number of para-hydroxylation sites is 1. The van der Waals surface area contributed by atoms with E-state index in [-0.39, 0.29) is 0 Å². The summed E-state index contributed by atoms with van der Waals surface area (Å²) < 4.78 is 4.85. The minimum atomic E-state index is 0.471. The molecule has 0 bridgehead atoms. The van der Waals surface area contributed by atoms with Crippen LogP contribution in [0.2, 0.25) is 0 Å². The van der Waals surface area contributed by atoms with Crippen LogP contribution in [-0.2, 0) is 6.54 Å². The lowest BCUT2D eigenvalue weighted by Gasteiger charge is -2.12. The van der Waals surface area contributed by atoms with Crippen LogP contribution < -0.4 is 0 Å². The van der Waals surface area contributed by atoms with E-state index in [1.165, 1.54) is 25.7 Å². The Kier molecular flexibility index (Phi) is 4.35. The van der Waals surface area contributed by atoms with Crippen LogP contribution in [0, 0.1) is 10.7 Å². The van der Waals surface area contributed by atoms with Crippen molar-refractivity contribution in [1.29, 1.82) is 0 Å². The first-order valence-electron chi connectivity index (χ1n) is 11.2. The summed E-state index contributed by atoms with van der Waals surface area (Å²) in [5.41, 5.74) is 5.40. The van der Waals surface area contributed by atoms with Crippen LogP contribution in [0.1, 0.15) is 62.8 Å². The van der Waals surface area contributed by atoms with E-state index in [0.29, 0.717) is 22.5 Å². The number of hydrogen-bond donors (Lipinski definition) is 1. The molecule has 3 aromatic heterocycles. The molecule has 2 fully saturated rings. The van der Waals surface area contributed by atoms with Crippen LogP contribution in [-0.4, -0.2) is 29.5 Å². The summed E-state index contributed by atoms with van der Waals surface area (Å²) in [4.78, 5) is 5.16. The summed E-state index contributed by atoms with van der Waals surface area (Å²) in [5, 5.41) is 14.0. The molecule has 0 unspecified atom stereocenters. The van der Waals surface area contributed by atoms with Gasteiger partial charge < -0.3 is 0 Å². The molecule has 0 radical (unpaired) electrons. The van der Waals surface area contributed by atoms with Crippen molar-refractivity contribution < 1.29 is 0 Å². The highest BCUT2D eigenvalue weighted by atomic mass is 32.1. The van der Waals surface area contributed by atoms with Gasteiger partial charge in [-0.1, -0.05) is 32.0 Å². The molecule has 31 heavy (non-hydrogen) atoms. The molecular formula is C24H26N6S. The summed E-state index contributed by atoms with van der Waals surface area (Å²) in [6, 6.07) is 12.6. The van der Waals surface area contributed by atoms with Crippen LogP contribution in [0.3, 0.4) is 0 Å². The van der Waals surface area contributed by atoms with Crippen molar-refractivity contribution in [3.63, 3.8) is 0 Å². The zero-order valence-corrected chi connectivity index (χ0v) is 18.7. The molecule has 0 spiro atoms. The van der Waals surface area contributed by atoms with Crippen LogP contribution in [0.25, 0.3) is 28.1 Å². The zero-order valence-electron chi connectivity index (χ0n) is 17.9. The van der Waals surface area contributed by atoms with Crippen molar-refractivity contribution in [1.82, 2.24) is 29.5 Å². The van der Waals surface area contributed by atoms with Gasteiger partial charge in [-0.15, -0.1) is 0 Å². The number of aromatic nitrogens is 6. The van der Waals surface area contributed by atoms with E-state index in [9.17, 15) is 0 Å². The number of hydrogen-bond acceptors (Lipinski definition) is 4. The lowest BCUT2D eigenvalue weighted by Crippen LogP contribution is -2.07. The molecule has 3 heterocycles. The molecule has 2 saturated carbocycles. The van der Waals surface area contributed by atoms with E-state index in [1.54, 1.807) is 0 Å². The molecule has 2 aliphatic carbocycles. The van der Waals surface area contributed by atoms with Gasteiger partial charge in [0.1, 0.15) is 0 Å². The molecule has 1 aromatic carbocycles. The highest BCUT2D eigenvalue weighted by molar-refractivity contribution is 7.71. The second kappa shape index (κ2) is 7.12. The molecule has 158 valence electrons. The Hall–Kier alpha value is -2.80. The van der Waals surface area contributed by atoms with Gasteiger partial charge in [-0.3, -0.25) is 9.67 Å². The van der Waals surface area contributed by atoms with E-state index in [0.717, 1.165) is 46.0 Å². The Morgan fingerprint density at radius 2 is 1.84 bits per heavy atom. The second-order valence-electron chi connectivity index (χ2n) is 9.33. The van der Waals surface area contributed by atoms with Crippen molar-refractivity contribution in [2.24, 2.45) is 5.92 Å². The van der Waals surface area contributed by atoms with Gasteiger partial charge in [0.15, 0.2) is 16.2 Å². The molecule has 0 saturated heterocycles. The smallest absolute Gasteiger partial charge is 0.195 e. The Balaban J connectivity index is 1.67. The molecule has 0 amide bonds. The van der Waals surface area contributed by atoms with E-state index < -0.39 is 0 Å². The first kappa shape index (κ1) is 18.9. The fraction of sp³-hybridized carbons (Fsp3) is 0.417. The molecule has 2 aliphatic rings. The second-order valence-corrected chi connectivity index (χ2v) is 9.72. The number of aromatic amines is 1. The van der Waals surface area contributed by atoms with Gasteiger partial charge >= 0.3 is 0 Å². The Bertz CT molecular complexity index is 1320. The fourth-order valence-electron chi connectivity index (χ4n) is 4.38. The third-order valence-electron chi connectivity index (χ3n) is 6.19. The van der Waals surface area contributed by atoms with E-state index in [2.05, 4.69) is 58.9 Å². The molecule has 4 aromatic rings. The van der Waals surface area contributed by atoms with Crippen molar-refractivity contribution >= 4 is 23.3 Å². The van der Waals surface area contributed by atoms with Gasteiger partial charge in [0.25, 0.3) is 0 Å². The number of nitrogens with zero attached hydrogens (tertiary/aromatic N) is 5. The molecular weight excluding hydrogens is 404 g/mol. The molecule has 1 N–H and O–H groups in total. The maximum absolute atomic E-state index is 5.60. The Morgan fingerprint density at radius 1 is 1.10 bits per heavy atom. The van der Waals surface area contributed by atoms with Crippen LogP contribution in [0.15, 0.2) is 36.4 Å². The summed E-state index contributed by atoms with van der Waals surface area (Å²) in [6.45, 7) is 5.25. The maximum atomic E-state index is 5.60. The molecule has 6 rings (SSSR count). The Labute approximate surface area is 186 Å². The van der Waals surface area contributed by atoms with Crippen LogP contribution in [0.5, 0.6) is 0 Å². The third-order valence-corrected chi connectivity index (χ3v) is 6.50. The zero-order chi connectivity index (χ0) is 21.1. The predicted molar refractivity (Wildman–Crippen MR) is 124 cm³/mol. The minimum Gasteiger partial charge on any atom is -0.300 e. The predicted octanol–water partition coefficient (Wildman–Crippen LogP) is 5.75. The number of rotatable bonds is 6. The number of fused-ring (bicyclic) bond motifs is 1. The van der Waals surface area contributed by atoms with E-state index in [4.69, 9.17) is 22.3 Å². The number of H-pyrrole nitrogens is 1. The summed E-state index contributed by atoms with van der Waals surface area (Å²) in [5.74, 6) is 2.41. The normalized spacial score (nSPS) is 16.5. The van der Waals surface area contributed by atoms with Gasteiger partial charge in [-0.05, 0) is 62.0 Å². The molecule has 0 aliphatic heterocycles. The topological polar surface area (TPSA) is 64.3 Å². The summed E-state index contributed by atoms with van der Waals surface area (Å²) in [6.07, 6.45) is 4.77. The quantitative estimate of drug-likeness (QED) is 0.396. The molecule has 6 nitrogen and oxygen atoms in total. The van der Waals surface area contributed by atoms with Gasteiger partial charge in [0, 0.05) is 29.6 Å². The number of pyridine rings is 1. The van der Waals surface area contributed by atoms with Gasteiger partial charge in [-0.25, -0.2) is 9.67 Å². The number of nitrogens with one attached hydrogen (secondary N) is 1. The van der Waals surface area contributed by atoms with E-state index >= 15 is 0 Å². The standard InChI is InChI=1S/C24H26N6S/c1-14(2)13-29-22(26-27-24(29)31)18-12-19(15-8-9-15)25-23-20(18)21(16-10-11-16)28-30(23)17-6-4-3-5-7-17/h3-7,12,14-16H,8-11,13H2,1-2H3,(H,27,31). The maximum Gasteiger partial charge on any atom is 0.195 e.